The summed E-state index contributed by atoms with van der Waals surface area (Å²) < 4.78 is 6.62. The highest BCUT2D eigenvalue weighted by atomic mass is 127. The molecule has 1 aromatic carbocycles. The van der Waals surface area contributed by atoms with E-state index in [0.717, 1.165) is 9.32 Å². The average Bonchev–Trinajstić information content (AvgIpc) is 2.24. The second-order valence-corrected chi connectivity index (χ2v) is 6.19. The van der Waals surface area contributed by atoms with Crippen molar-refractivity contribution in [2.45, 2.75) is 32.4 Å². The number of nitrogens with one attached hydrogen (secondary N) is 1. The lowest BCUT2D eigenvalue weighted by molar-refractivity contribution is 0.0996. The van der Waals surface area contributed by atoms with Crippen molar-refractivity contribution in [2.24, 2.45) is 0 Å². The zero-order chi connectivity index (χ0) is 12.9. The van der Waals surface area contributed by atoms with E-state index in [2.05, 4.69) is 48.7 Å². The molecule has 0 spiro atoms. The van der Waals surface area contributed by atoms with Gasteiger partial charge in [0.25, 0.3) is 0 Å². The fourth-order valence-electron chi connectivity index (χ4n) is 1.23. The first-order valence-corrected chi connectivity index (χ1v) is 6.77. The van der Waals surface area contributed by atoms with Crippen LogP contribution in [0.15, 0.2) is 24.3 Å². The van der Waals surface area contributed by atoms with Crippen LogP contribution in [-0.2, 0) is 0 Å². The average molecular weight is 349 g/mol. The molecule has 0 amide bonds. The number of para-hydroxylation sites is 1. The number of ether oxygens (including phenoxy) is 1. The molecule has 1 atom stereocenters. The molecular weight excluding hydrogens is 329 g/mol. The lowest BCUT2D eigenvalue weighted by Crippen LogP contribution is -2.42. The normalized spacial score (nSPS) is 13.5. The Morgan fingerprint density at radius 1 is 1.35 bits per heavy atom. The van der Waals surface area contributed by atoms with E-state index >= 15 is 0 Å². The van der Waals surface area contributed by atoms with Gasteiger partial charge in [-0.15, -0.1) is 0 Å². The van der Waals surface area contributed by atoms with E-state index in [1.807, 2.05) is 24.3 Å². The minimum absolute atomic E-state index is 0.0160. The quantitative estimate of drug-likeness (QED) is 0.803. The summed E-state index contributed by atoms with van der Waals surface area (Å²) in [5, 5.41) is 13.0. The Morgan fingerprint density at radius 3 is 2.59 bits per heavy atom. The van der Waals surface area contributed by atoms with E-state index < -0.39 is 6.10 Å². The summed E-state index contributed by atoms with van der Waals surface area (Å²) in [5.41, 5.74) is 0.0160. The maximum absolute atomic E-state index is 9.77. The number of halogens is 1. The van der Waals surface area contributed by atoms with E-state index in [1.165, 1.54) is 0 Å². The van der Waals surface area contributed by atoms with E-state index in [9.17, 15) is 5.11 Å². The highest BCUT2D eigenvalue weighted by molar-refractivity contribution is 14.1. The molecule has 0 saturated carbocycles. The molecule has 4 heteroatoms. The first-order valence-electron chi connectivity index (χ1n) is 5.69. The van der Waals surface area contributed by atoms with Crippen molar-refractivity contribution in [3.8, 4) is 5.75 Å². The highest BCUT2D eigenvalue weighted by Gasteiger charge is 2.12. The van der Waals surface area contributed by atoms with Crippen LogP contribution in [-0.4, -0.2) is 29.9 Å². The van der Waals surface area contributed by atoms with Crippen molar-refractivity contribution in [3.05, 3.63) is 27.8 Å². The van der Waals surface area contributed by atoms with Gasteiger partial charge in [-0.2, -0.15) is 0 Å². The summed E-state index contributed by atoms with van der Waals surface area (Å²) in [6.45, 7) is 7.05. The van der Waals surface area contributed by atoms with Crippen molar-refractivity contribution in [3.63, 3.8) is 0 Å². The van der Waals surface area contributed by atoms with Crippen LogP contribution in [0.4, 0.5) is 0 Å². The molecule has 0 bridgehead atoms. The number of aliphatic hydroxyl groups excluding tert-OH is 1. The van der Waals surface area contributed by atoms with Crippen molar-refractivity contribution < 1.29 is 9.84 Å². The van der Waals surface area contributed by atoms with Gasteiger partial charge in [-0.05, 0) is 55.5 Å². The Morgan fingerprint density at radius 2 is 2.00 bits per heavy atom. The fourth-order valence-corrected chi connectivity index (χ4v) is 1.77. The first-order chi connectivity index (χ1) is 7.88. The molecule has 0 aromatic heterocycles. The molecule has 1 rings (SSSR count). The van der Waals surface area contributed by atoms with Crippen LogP contribution in [0.2, 0.25) is 0 Å². The number of hydrogen-bond donors (Lipinski definition) is 2. The number of aliphatic hydroxyl groups is 1. The Balaban J connectivity index is 2.34. The topological polar surface area (TPSA) is 41.5 Å². The lowest BCUT2D eigenvalue weighted by atomic mass is 10.1. The standard InChI is InChI=1S/C13H20INO2/c1-13(2,3)15-8-10(16)9-17-12-7-5-4-6-11(12)14/h4-7,10,15-16H,8-9H2,1-3H3. The van der Waals surface area contributed by atoms with Gasteiger partial charge in [-0.3, -0.25) is 0 Å². The molecule has 17 heavy (non-hydrogen) atoms. The van der Waals surface area contributed by atoms with Gasteiger partial charge in [0.2, 0.25) is 0 Å². The van der Waals surface area contributed by atoms with Crippen molar-refractivity contribution in [1.82, 2.24) is 5.32 Å². The van der Waals surface area contributed by atoms with Gasteiger partial charge >= 0.3 is 0 Å². The summed E-state index contributed by atoms with van der Waals surface area (Å²) in [6.07, 6.45) is -0.495. The molecule has 2 N–H and O–H groups in total. The number of rotatable bonds is 5. The molecule has 1 unspecified atom stereocenters. The van der Waals surface area contributed by atoms with Gasteiger partial charge in [0.15, 0.2) is 0 Å². The predicted molar refractivity (Wildman–Crippen MR) is 78.4 cm³/mol. The second kappa shape index (κ2) is 6.56. The zero-order valence-corrected chi connectivity index (χ0v) is 12.7. The van der Waals surface area contributed by atoms with Crippen molar-refractivity contribution >= 4 is 22.6 Å². The molecule has 0 fully saturated rings. The van der Waals surface area contributed by atoms with E-state index in [4.69, 9.17) is 4.74 Å². The highest BCUT2D eigenvalue weighted by Crippen LogP contribution is 2.19. The summed E-state index contributed by atoms with van der Waals surface area (Å²) in [5.74, 6) is 0.822. The summed E-state index contributed by atoms with van der Waals surface area (Å²) in [6, 6.07) is 7.78. The Bertz CT molecular complexity index is 350. The molecule has 0 heterocycles. The molecule has 1 aromatic rings. The van der Waals surface area contributed by atoms with Crippen LogP contribution >= 0.6 is 22.6 Å². The maximum atomic E-state index is 9.77. The largest absolute Gasteiger partial charge is 0.490 e. The SMILES string of the molecule is CC(C)(C)NCC(O)COc1ccccc1I. The Labute approximate surface area is 117 Å². The third-order valence-corrected chi connectivity index (χ3v) is 3.03. The van der Waals surface area contributed by atoms with Gasteiger partial charge in [0, 0.05) is 12.1 Å². The smallest absolute Gasteiger partial charge is 0.132 e. The van der Waals surface area contributed by atoms with Crippen molar-refractivity contribution in [1.29, 1.82) is 0 Å². The molecule has 0 radical (unpaired) electrons. The van der Waals surface area contributed by atoms with Gasteiger partial charge in [0.1, 0.15) is 18.5 Å². The van der Waals surface area contributed by atoms with Crippen LogP contribution in [0.1, 0.15) is 20.8 Å². The van der Waals surface area contributed by atoms with E-state index in [0.29, 0.717) is 13.2 Å². The van der Waals surface area contributed by atoms with Crippen LogP contribution in [0, 0.1) is 3.57 Å². The minimum Gasteiger partial charge on any atom is -0.490 e. The lowest BCUT2D eigenvalue weighted by Gasteiger charge is -2.23. The predicted octanol–water partition coefficient (Wildman–Crippen LogP) is 2.42. The molecule has 96 valence electrons. The van der Waals surface area contributed by atoms with Gasteiger partial charge in [-0.1, -0.05) is 12.1 Å². The van der Waals surface area contributed by atoms with E-state index in [-0.39, 0.29) is 5.54 Å². The van der Waals surface area contributed by atoms with Crippen molar-refractivity contribution in [2.75, 3.05) is 13.2 Å². The molecule has 0 aliphatic heterocycles. The van der Waals surface area contributed by atoms with Crippen LogP contribution in [0.3, 0.4) is 0 Å². The molecule has 0 aliphatic carbocycles. The number of hydrogen-bond acceptors (Lipinski definition) is 3. The summed E-state index contributed by atoms with van der Waals surface area (Å²) >= 11 is 2.22. The molecular formula is C13H20INO2. The van der Waals surface area contributed by atoms with Gasteiger partial charge in [-0.25, -0.2) is 0 Å². The number of β-amino-alcohol motifs (C(OH)–C–C–N with tert-alkyl or cyclic N) is 1. The van der Waals surface area contributed by atoms with Gasteiger partial charge < -0.3 is 15.2 Å². The molecule has 0 aliphatic rings. The molecule has 3 nitrogen and oxygen atoms in total. The zero-order valence-electron chi connectivity index (χ0n) is 10.5. The third kappa shape index (κ3) is 6.24. The van der Waals surface area contributed by atoms with E-state index in [1.54, 1.807) is 0 Å². The maximum Gasteiger partial charge on any atom is 0.132 e. The van der Waals surface area contributed by atoms with Crippen LogP contribution in [0.5, 0.6) is 5.75 Å². The van der Waals surface area contributed by atoms with Crippen LogP contribution in [0.25, 0.3) is 0 Å². The monoisotopic (exact) mass is 349 g/mol. The molecule has 0 saturated heterocycles. The third-order valence-electron chi connectivity index (χ3n) is 2.14. The number of benzene rings is 1. The summed E-state index contributed by atoms with van der Waals surface area (Å²) in [7, 11) is 0. The second-order valence-electron chi connectivity index (χ2n) is 5.03. The van der Waals surface area contributed by atoms with Gasteiger partial charge in [0.05, 0.1) is 3.57 Å². The Hall–Kier alpha value is -0.330. The fraction of sp³-hybridized carbons (Fsp3) is 0.538. The Kier molecular flexibility index (Phi) is 5.69. The summed E-state index contributed by atoms with van der Waals surface area (Å²) in [4.78, 5) is 0. The minimum atomic E-state index is -0.495. The van der Waals surface area contributed by atoms with Crippen LogP contribution < -0.4 is 10.1 Å². The first kappa shape index (κ1) is 14.7.